The summed E-state index contributed by atoms with van der Waals surface area (Å²) in [5.74, 6) is 0.645. The van der Waals surface area contributed by atoms with Crippen molar-refractivity contribution in [1.82, 2.24) is 10.2 Å². The lowest BCUT2D eigenvalue weighted by molar-refractivity contribution is 0.259. The first-order valence-electron chi connectivity index (χ1n) is 6.93. The molecule has 1 heterocycles. The minimum absolute atomic E-state index is 0.0524. The molecule has 0 radical (unpaired) electrons. The van der Waals surface area contributed by atoms with Crippen molar-refractivity contribution in [3.05, 3.63) is 48.7 Å². The number of ether oxygens (including phenoxy) is 1. The van der Waals surface area contributed by atoms with Gasteiger partial charge in [-0.2, -0.15) is 5.10 Å². The third-order valence-electron chi connectivity index (χ3n) is 3.18. The number of aromatic amines is 1. The predicted molar refractivity (Wildman–Crippen MR) is 87.1 cm³/mol. The molecular formula is C16H14N4O4. The average Bonchev–Trinajstić information content (AvgIpc) is 2.95. The number of carbonyl (C=O) groups is 1. The zero-order chi connectivity index (χ0) is 17.1. The number of carbonyl (C=O) groups excluding carboxylic acids is 1. The molecule has 3 rings (SSSR count). The number of amides is 2. The van der Waals surface area contributed by atoms with Crippen molar-refractivity contribution in [2.24, 2.45) is 5.73 Å². The molecule has 1 aromatic heterocycles. The van der Waals surface area contributed by atoms with Crippen LogP contribution in [0.4, 0.5) is 10.5 Å². The fourth-order valence-electron chi connectivity index (χ4n) is 2.18. The van der Waals surface area contributed by atoms with E-state index in [1.54, 1.807) is 24.3 Å². The Kier molecular flexibility index (Phi) is 3.94. The van der Waals surface area contributed by atoms with E-state index in [0.717, 1.165) is 0 Å². The van der Waals surface area contributed by atoms with Crippen molar-refractivity contribution in [3.63, 3.8) is 0 Å². The number of rotatable bonds is 4. The standard InChI is InChI=1S/C16H14N4O4/c17-16(23)19-9-2-1-3-11(6-9)24-14-8-18-20-15(14)12-5-4-10(21)7-13(12)22/h1-8,21-22H,(H,18,20)(H3,17,19,23). The van der Waals surface area contributed by atoms with Gasteiger partial charge in [-0.3, -0.25) is 5.10 Å². The van der Waals surface area contributed by atoms with Crippen LogP contribution in [0.2, 0.25) is 0 Å². The number of nitrogens with one attached hydrogen (secondary N) is 2. The van der Waals surface area contributed by atoms with Crippen LogP contribution < -0.4 is 15.8 Å². The molecule has 8 nitrogen and oxygen atoms in total. The number of aromatic nitrogens is 2. The first-order valence-corrected chi connectivity index (χ1v) is 6.93. The van der Waals surface area contributed by atoms with Crippen LogP contribution in [-0.2, 0) is 0 Å². The van der Waals surface area contributed by atoms with Gasteiger partial charge >= 0.3 is 6.03 Å². The van der Waals surface area contributed by atoms with Crippen LogP contribution >= 0.6 is 0 Å². The van der Waals surface area contributed by atoms with Gasteiger partial charge in [0.25, 0.3) is 0 Å². The summed E-state index contributed by atoms with van der Waals surface area (Å²) in [6.45, 7) is 0. The van der Waals surface area contributed by atoms with E-state index in [-0.39, 0.29) is 11.5 Å². The fraction of sp³-hybridized carbons (Fsp3) is 0. The quantitative estimate of drug-likeness (QED) is 0.502. The fourth-order valence-corrected chi connectivity index (χ4v) is 2.18. The second-order valence-corrected chi connectivity index (χ2v) is 4.93. The van der Waals surface area contributed by atoms with E-state index in [2.05, 4.69) is 15.5 Å². The number of anilines is 1. The van der Waals surface area contributed by atoms with Gasteiger partial charge in [0.1, 0.15) is 22.9 Å². The lowest BCUT2D eigenvalue weighted by Gasteiger charge is -2.09. The van der Waals surface area contributed by atoms with Gasteiger partial charge in [0.05, 0.1) is 6.20 Å². The van der Waals surface area contributed by atoms with Gasteiger partial charge in [-0.05, 0) is 24.3 Å². The molecule has 2 aromatic carbocycles. The second-order valence-electron chi connectivity index (χ2n) is 4.93. The highest BCUT2D eigenvalue weighted by atomic mass is 16.5. The summed E-state index contributed by atoms with van der Waals surface area (Å²) < 4.78 is 5.75. The first-order chi connectivity index (χ1) is 11.5. The van der Waals surface area contributed by atoms with E-state index < -0.39 is 6.03 Å². The van der Waals surface area contributed by atoms with Crippen LogP contribution in [0, 0.1) is 0 Å². The van der Waals surface area contributed by atoms with E-state index in [4.69, 9.17) is 10.5 Å². The molecule has 0 saturated heterocycles. The Morgan fingerprint density at radius 3 is 2.79 bits per heavy atom. The number of benzene rings is 2. The highest BCUT2D eigenvalue weighted by molar-refractivity contribution is 5.88. The summed E-state index contributed by atoms with van der Waals surface area (Å²) in [6, 6.07) is 10.2. The number of aromatic hydroxyl groups is 2. The number of phenols is 2. The summed E-state index contributed by atoms with van der Waals surface area (Å²) >= 11 is 0. The average molecular weight is 326 g/mol. The van der Waals surface area contributed by atoms with Gasteiger partial charge in [0.15, 0.2) is 5.75 Å². The van der Waals surface area contributed by atoms with Gasteiger partial charge in [0, 0.05) is 23.4 Å². The number of hydrogen-bond donors (Lipinski definition) is 5. The maximum Gasteiger partial charge on any atom is 0.316 e. The Labute approximate surface area is 136 Å². The van der Waals surface area contributed by atoms with Crippen molar-refractivity contribution in [1.29, 1.82) is 0 Å². The summed E-state index contributed by atoms with van der Waals surface area (Å²) in [6.07, 6.45) is 1.45. The Balaban J connectivity index is 1.90. The van der Waals surface area contributed by atoms with Crippen LogP contribution in [0.1, 0.15) is 0 Å². The normalized spacial score (nSPS) is 10.3. The molecule has 6 N–H and O–H groups in total. The van der Waals surface area contributed by atoms with Gasteiger partial charge in [-0.25, -0.2) is 4.79 Å². The Morgan fingerprint density at radius 2 is 2.04 bits per heavy atom. The number of phenolic OH excluding ortho intramolecular Hbond substituents is 2. The van der Waals surface area contributed by atoms with E-state index in [0.29, 0.717) is 28.4 Å². The topological polar surface area (TPSA) is 133 Å². The summed E-state index contributed by atoms with van der Waals surface area (Å²) in [7, 11) is 0. The molecule has 2 amide bonds. The maximum absolute atomic E-state index is 10.9. The Bertz CT molecular complexity index is 891. The largest absolute Gasteiger partial charge is 0.508 e. The molecule has 0 aliphatic heterocycles. The van der Waals surface area contributed by atoms with Crippen molar-refractivity contribution in [2.75, 3.05) is 5.32 Å². The summed E-state index contributed by atoms with van der Waals surface area (Å²) in [4.78, 5) is 10.9. The SMILES string of the molecule is NC(=O)Nc1cccc(Oc2cn[nH]c2-c2ccc(O)cc2O)c1. The highest BCUT2D eigenvalue weighted by Crippen LogP contribution is 2.37. The molecule has 0 aliphatic carbocycles. The van der Waals surface area contributed by atoms with E-state index in [1.807, 2.05) is 0 Å². The minimum Gasteiger partial charge on any atom is -0.508 e. The summed E-state index contributed by atoms with van der Waals surface area (Å²) in [5, 5.41) is 28.5. The molecule has 0 bridgehead atoms. The van der Waals surface area contributed by atoms with E-state index in [1.165, 1.54) is 24.4 Å². The molecule has 24 heavy (non-hydrogen) atoms. The monoisotopic (exact) mass is 326 g/mol. The van der Waals surface area contributed by atoms with Crippen molar-refractivity contribution >= 4 is 11.7 Å². The molecule has 3 aromatic rings. The molecule has 0 fully saturated rings. The number of H-pyrrole nitrogens is 1. The van der Waals surface area contributed by atoms with Gasteiger partial charge < -0.3 is 26.0 Å². The third kappa shape index (κ3) is 3.22. The summed E-state index contributed by atoms with van der Waals surface area (Å²) in [5.41, 5.74) is 6.44. The zero-order valence-electron chi connectivity index (χ0n) is 12.4. The number of hydrogen-bond acceptors (Lipinski definition) is 5. The van der Waals surface area contributed by atoms with Gasteiger partial charge in [-0.15, -0.1) is 0 Å². The molecule has 0 spiro atoms. The molecule has 0 saturated carbocycles. The number of nitrogens with two attached hydrogens (primary N) is 1. The molecule has 122 valence electrons. The first kappa shape index (κ1) is 15.2. The van der Waals surface area contributed by atoms with E-state index >= 15 is 0 Å². The molecule has 0 atom stereocenters. The van der Waals surface area contributed by atoms with Crippen molar-refractivity contribution < 1.29 is 19.7 Å². The van der Waals surface area contributed by atoms with Gasteiger partial charge in [0.2, 0.25) is 0 Å². The van der Waals surface area contributed by atoms with E-state index in [9.17, 15) is 15.0 Å². The smallest absolute Gasteiger partial charge is 0.316 e. The second kappa shape index (κ2) is 6.21. The zero-order valence-corrected chi connectivity index (χ0v) is 12.4. The molecule has 8 heteroatoms. The maximum atomic E-state index is 10.9. The molecule has 0 aliphatic rings. The lowest BCUT2D eigenvalue weighted by atomic mass is 10.1. The van der Waals surface area contributed by atoms with Gasteiger partial charge in [-0.1, -0.05) is 6.07 Å². The molecule has 0 unspecified atom stereocenters. The molecular weight excluding hydrogens is 312 g/mol. The number of urea groups is 1. The minimum atomic E-state index is -0.676. The number of primary amides is 1. The highest BCUT2D eigenvalue weighted by Gasteiger charge is 2.14. The van der Waals surface area contributed by atoms with Crippen LogP contribution in [0.15, 0.2) is 48.7 Å². The Hall–Kier alpha value is -3.68. The van der Waals surface area contributed by atoms with Crippen molar-refractivity contribution in [3.8, 4) is 34.3 Å². The van der Waals surface area contributed by atoms with Crippen LogP contribution in [0.25, 0.3) is 11.3 Å². The van der Waals surface area contributed by atoms with Crippen LogP contribution in [0.3, 0.4) is 0 Å². The number of nitrogens with zero attached hydrogens (tertiary/aromatic N) is 1. The third-order valence-corrected chi connectivity index (χ3v) is 3.18. The van der Waals surface area contributed by atoms with Crippen molar-refractivity contribution in [2.45, 2.75) is 0 Å². The van der Waals surface area contributed by atoms with Crippen LogP contribution in [0.5, 0.6) is 23.0 Å². The predicted octanol–water partition coefficient (Wildman–Crippen LogP) is 2.77. The lowest BCUT2D eigenvalue weighted by Crippen LogP contribution is -2.19. The van der Waals surface area contributed by atoms with Crippen LogP contribution in [-0.4, -0.2) is 26.4 Å². The Morgan fingerprint density at radius 1 is 1.21 bits per heavy atom.